The van der Waals surface area contributed by atoms with Gasteiger partial charge >= 0.3 is 12.1 Å². The molecule has 6 nitrogen and oxygen atoms in total. The van der Waals surface area contributed by atoms with E-state index in [1.807, 2.05) is 6.07 Å². The predicted octanol–water partition coefficient (Wildman–Crippen LogP) is 2.58. The van der Waals surface area contributed by atoms with Crippen LogP contribution >= 0.6 is 11.3 Å². The maximum atomic E-state index is 11.7. The molecule has 1 aromatic rings. The Morgan fingerprint density at radius 1 is 1.45 bits per heavy atom. The number of aliphatic imine (C=N–C) groups is 1. The largest absolute Gasteiger partial charge is 0.481 e. The number of nitrogens with two attached hydrogens (primary N) is 1. The molecule has 1 heterocycles. The van der Waals surface area contributed by atoms with Crippen LogP contribution in [0.2, 0.25) is 0 Å². The van der Waals surface area contributed by atoms with Gasteiger partial charge in [-0.05, 0) is 51.7 Å². The molecule has 3 N–H and O–H groups in total. The van der Waals surface area contributed by atoms with Crippen LogP contribution in [0.3, 0.4) is 0 Å². The lowest BCUT2D eigenvalue weighted by Gasteiger charge is -2.17. The quantitative estimate of drug-likeness (QED) is 0.643. The number of carboxylic acid groups (broad SMARTS) is 1. The van der Waals surface area contributed by atoms with Crippen LogP contribution in [0.4, 0.5) is 4.79 Å². The maximum absolute atomic E-state index is 11.7. The molecule has 120 valence electrons. The minimum absolute atomic E-state index is 0.112. The van der Waals surface area contributed by atoms with Crippen molar-refractivity contribution < 1.29 is 19.4 Å². The second kappa shape index (κ2) is 6.08. The van der Waals surface area contributed by atoms with Crippen molar-refractivity contribution in [2.45, 2.75) is 45.6 Å². The van der Waals surface area contributed by atoms with Crippen LogP contribution in [0.15, 0.2) is 11.1 Å². The highest BCUT2D eigenvalue weighted by atomic mass is 32.1. The molecule has 1 amide bonds. The van der Waals surface area contributed by atoms with Crippen LogP contribution < -0.4 is 5.73 Å². The molecule has 2 rings (SSSR count). The van der Waals surface area contributed by atoms with Gasteiger partial charge in [-0.2, -0.15) is 4.99 Å². The molecule has 0 bridgehead atoms. The molecule has 1 aliphatic rings. The number of hydrogen-bond acceptors (Lipinski definition) is 4. The van der Waals surface area contributed by atoms with Crippen LogP contribution in [0, 0.1) is 5.92 Å². The molecule has 1 unspecified atom stereocenters. The second-order valence-corrected chi connectivity index (χ2v) is 7.45. The Bertz CT molecular complexity index is 628. The van der Waals surface area contributed by atoms with E-state index in [2.05, 4.69) is 4.99 Å². The Kier molecular flexibility index (Phi) is 4.55. The van der Waals surface area contributed by atoms with Gasteiger partial charge in [-0.15, -0.1) is 11.3 Å². The van der Waals surface area contributed by atoms with E-state index in [9.17, 15) is 9.59 Å². The van der Waals surface area contributed by atoms with Crippen molar-refractivity contribution in [1.29, 1.82) is 0 Å². The second-order valence-electron chi connectivity index (χ2n) is 6.31. The van der Waals surface area contributed by atoms with Gasteiger partial charge in [-0.25, -0.2) is 4.79 Å². The van der Waals surface area contributed by atoms with Crippen LogP contribution in [0.1, 0.15) is 42.5 Å². The Morgan fingerprint density at radius 3 is 2.73 bits per heavy atom. The Morgan fingerprint density at radius 2 is 2.14 bits per heavy atom. The zero-order valence-corrected chi connectivity index (χ0v) is 13.7. The molecule has 0 aromatic carbocycles. The summed E-state index contributed by atoms with van der Waals surface area (Å²) >= 11 is 1.40. The molecule has 0 saturated heterocycles. The van der Waals surface area contributed by atoms with Crippen molar-refractivity contribution >= 4 is 29.2 Å². The van der Waals surface area contributed by atoms with Crippen LogP contribution in [-0.4, -0.2) is 28.6 Å². The summed E-state index contributed by atoms with van der Waals surface area (Å²) in [5.74, 6) is -1.00. The van der Waals surface area contributed by atoms with Gasteiger partial charge in [0, 0.05) is 4.88 Å². The Balaban J connectivity index is 2.14. The number of thiophene rings is 1. The summed E-state index contributed by atoms with van der Waals surface area (Å²) in [5.41, 5.74) is 6.34. The fourth-order valence-corrected chi connectivity index (χ4v) is 3.48. The first-order chi connectivity index (χ1) is 10.2. The highest BCUT2D eigenvalue weighted by molar-refractivity contribution is 7.14. The highest BCUT2D eigenvalue weighted by Crippen LogP contribution is 2.32. The molecule has 7 heteroatoms. The van der Waals surface area contributed by atoms with E-state index in [4.69, 9.17) is 15.6 Å². The molecular weight excluding hydrogens is 304 g/mol. The first-order valence-corrected chi connectivity index (χ1v) is 7.89. The predicted molar refractivity (Wildman–Crippen MR) is 84.4 cm³/mol. The van der Waals surface area contributed by atoms with Gasteiger partial charge in [-0.3, -0.25) is 4.79 Å². The number of hydrogen-bond donors (Lipinski definition) is 2. The van der Waals surface area contributed by atoms with E-state index in [-0.39, 0.29) is 11.8 Å². The molecule has 1 aromatic heterocycles. The van der Waals surface area contributed by atoms with Gasteiger partial charge in [-0.1, -0.05) is 0 Å². The number of nitrogens with zero attached hydrogens (tertiary/aromatic N) is 1. The van der Waals surface area contributed by atoms with Gasteiger partial charge in [0.1, 0.15) is 11.4 Å². The lowest BCUT2D eigenvalue weighted by molar-refractivity contribution is -0.142. The summed E-state index contributed by atoms with van der Waals surface area (Å²) < 4.78 is 5.10. The number of amidine groups is 1. The number of aryl methyl sites for hydroxylation is 1. The summed E-state index contributed by atoms with van der Waals surface area (Å²) in [6, 6.07) is 1.89. The van der Waals surface area contributed by atoms with Crippen molar-refractivity contribution in [3.63, 3.8) is 0 Å². The number of rotatable bonds is 2. The standard InChI is InChI=1S/C15H20N2O4S/c1-15(2,3)21-14(20)17-12(16)11-6-8-4-5-9(13(18)19)7-10(8)22-11/h6,9H,4-5,7H2,1-3H3,(H,18,19)(H2,16,17,20). The first-order valence-electron chi connectivity index (χ1n) is 7.07. The SMILES string of the molecule is CC(C)(C)OC(=O)N=C(N)c1cc2c(s1)CC(C(=O)O)CC2. The molecule has 1 atom stereocenters. The molecule has 0 saturated carbocycles. The number of carboxylic acids is 1. The summed E-state index contributed by atoms with van der Waals surface area (Å²) in [4.78, 5) is 28.2. The molecule has 0 fully saturated rings. The minimum atomic E-state index is -0.768. The average molecular weight is 324 g/mol. The van der Waals surface area contributed by atoms with Gasteiger partial charge in [0.05, 0.1) is 10.8 Å². The molecule has 0 radical (unpaired) electrons. The number of fused-ring (bicyclic) bond motifs is 1. The van der Waals surface area contributed by atoms with Gasteiger partial charge in [0.15, 0.2) is 0 Å². The van der Waals surface area contributed by atoms with E-state index in [0.29, 0.717) is 24.1 Å². The lowest BCUT2D eigenvalue weighted by Crippen LogP contribution is -2.24. The fraction of sp³-hybridized carbons (Fsp3) is 0.533. The van der Waals surface area contributed by atoms with E-state index in [1.165, 1.54) is 11.3 Å². The number of aliphatic carboxylic acids is 1. The number of carbonyl (C=O) groups is 2. The zero-order valence-electron chi connectivity index (χ0n) is 12.9. The third-order valence-electron chi connectivity index (χ3n) is 3.30. The zero-order chi connectivity index (χ0) is 16.5. The van der Waals surface area contributed by atoms with Gasteiger partial charge in [0.25, 0.3) is 0 Å². The van der Waals surface area contributed by atoms with Crippen molar-refractivity contribution in [3.8, 4) is 0 Å². The summed E-state index contributed by atoms with van der Waals surface area (Å²) in [6.07, 6.45) is 1.12. The van der Waals surface area contributed by atoms with Crippen LogP contribution in [0.5, 0.6) is 0 Å². The van der Waals surface area contributed by atoms with Crippen molar-refractivity contribution in [1.82, 2.24) is 0 Å². The lowest BCUT2D eigenvalue weighted by atomic mass is 9.89. The first kappa shape index (κ1) is 16.5. The fourth-order valence-electron chi connectivity index (χ4n) is 2.28. The van der Waals surface area contributed by atoms with E-state index >= 15 is 0 Å². The number of carbonyl (C=O) groups excluding carboxylic acids is 1. The average Bonchev–Trinajstić information content (AvgIpc) is 2.78. The number of ether oxygens (including phenoxy) is 1. The topological polar surface area (TPSA) is 102 Å². The van der Waals surface area contributed by atoms with Crippen molar-refractivity contribution in [3.05, 3.63) is 21.4 Å². The van der Waals surface area contributed by atoms with Crippen LogP contribution in [-0.2, 0) is 22.4 Å². The number of amides is 1. The third-order valence-corrected chi connectivity index (χ3v) is 4.52. The minimum Gasteiger partial charge on any atom is -0.481 e. The molecule has 22 heavy (non-hydrogen) atoms. The summed E-state index contributed by atoms with van der Waals surface area (Å²) in [5, 5.41) is 9.10. The van der Waals surface area contributed by atoms with E-state index in [1.54, 1.807) is 20.8 Å². The molecule has 1 aliphatic carbocycles. The molecule has 0 aliphatic heterocycles. The summed E-state index contributed by atoms with van der Waals surface area (Å²) in [6.45, 7) is 5.27. The third kappa shape index (κ3) is 4.07. The monoisotopic (exact) mass is 324 g/mol. The smallest absolute Gasteiger partial charge is 0.436 e. The highest BCUT2D eigenvalue weighted by Gasteiger charge is 2.26. The summed E-state index contributed by atoms with van der Waals surface area (Å²) in [7, 11) is 0. The maximum Gasteiger partial charge on any atom is 0.436 e. The van der Waals surface area contributed by atoms with Gasteiger partial charge in [0.2, 0.25) is 0 Å². The van der Waals surface area contributed by atoms with Crippen molar-refractivity contribution in [2.24, 2.45) is 16.6 Å². The Hall–Kier alpha value is -1.89. The Labute approximate surface area is 133 Å². The normalized spacial score (nSPS) is 18.7. The molecule has 0 spiro atoms. The van der Waals surface area contributed by atoms with Crippen LogP contribution in [0.25, 0.3) is 0 Å². The molecular formula is C15H20N2O4S. The van der Waals surface area contributed by atoms with Crippen molar-refractivity contribution in [2.75, 3.05) is 0 Å². The van der Waals surface area contributed by atoms with Gasteiger partial charge < -0.3 is 15.6 Å². The van der Waals surface area contributed by atoms with E-state index < -0.39 is 17.7 Å². The van der Waals surface area contributed by atoms with E-state index in [0.717, 1.165) is 10.4 Å².